The highest BCUT2D eigenvalue weighted by molar-refractivity contribution is 5.92. The lowest BCUT2D eigenvalue weighted by Crippen LogP contribution is -2.28. The Morgan fingerprint density at radius 1 is 1.06 bits per heavy atom. The van der Waals surface area contributed by atoms with E-state index in [1.807, 2.05) is 24.3 Å². The van der Waals surface area contributed by atoms with Gasteiger partial charge in [-0.05, 0) is 73.7 Å². The first kappa shape index (κ1) is 20.8. The molecule has 2 aromatic carbocycles. The molecule has 7 heteroatoms. The van der Waals surface area contributed by atoms with Crippen LogP contribution in [-0.2, 0) is 6.54 Å². The third kappa shape index (κ3) is 5.36. The molecule has 3 aromatic rings. The Hall–Kier alpha value is -3.48. The molecule has 0 unspecified atom stereocenters. The first-order chi connectivity index (χ1) is 15.1. The summed E-state index contributed by atoms with van der Waals surface area (Å²) in [6.07, 6.45) is 6.10. The average Bonchev–Trinajstić information content (AvgIpc) is 2.79. The summed E-state index contributed by atoms with van der Waals surface area (Å²) < 4.78 is 20.3. The molecule has 0 aliphatic heterocycles. The van der Waals surface area contributed by atoms with Gasteiger partial charge in [-0.2, -0.15) is 9.78 Å². The van der Waals surface area contributed by atoms with Gasteiger partial charge >= 0.3 is 0 Å². The van der Waals surface area contributed by atoms with Gasteiger partial charge in [-0.3, -0.25) is 9.59 Å². The van der Waals surface area contributed by atoms with E-state index in [1.54, 1.807) is 0 Å². The highest BCUT2D eigenvalue weighted by atomic mass is 19.1. The van der Waals surface area contributed by atoms with Crippen molar-refractivity contribution >= 4 is 5.91 Å². The van der Waals surface area contributed by atoms with Crippen molar-refractivity contribution < 1.29 is 13.9 Å². The number of rotatable bonds is 6. The normalized spacial score (nSPS) is 14.2. The van der Waals surface area contributed by atoms with Gasteiger partial charge in [0.15, 0.2) is 0 Å². The zero-order valence-electron chi connectivity index (χ0n) is 17.1. The third-order valence-corrected chi connectivity index (χ3v) is 5.31. The van der Waals surface area contributed by atoms with E-state index in [1.165, 1.54) is 55.7 Å². The van der Waals surface area contributed by atoms with Gasteiger partial charge in [-0.25, -0.2) is 4.39 Å². The summed E-state index contributed by atoms with van der Waals surface area (Å²) >= 11 is 0. The first-order valence-corrected chi connectivity index (χ1v) is 10.5. The monoisotopic (exact) mass is 421 g/mol. The maximum atomic E-state index is 13.2. The zero-order chi connectivity index (χ0) is 21.6. The highest BCUT2D eigenvalue weighted by Gasteiger charge is 2.15. The number of nitrogens with zero attached hydrogens (tertiary/aromatic N) is 2. The van der Waals surface area contributed by atoms with E-state index in [0.717, 1.165) is 28.8 Å². The molecule has 4 rings (SSSR count). The van der Waals surface area contributed by atoms with Gasteiger partial charge in [0.25, 0.3) is 11.5 Å². The molecule has 1 amide bonds. The van der Waals surface area contributed by atoms with Gasteiger partial charge in [-0.15, -0.1) is 0 Å². The summed E-state index contributed by atoms with van der Waals surface area (Å²) in [7, 11) is 0. The van der Waals surface area contributed by atoms with Gasteiger partial charge in [0, 0.05) is 12.6 Å². The number of nitrogens with one attached hydrogen (secondary N) is 1. The molecule has 1 saturated carbocycles. The molecule has 1 aliphatic carbocycles. The summed E-state index contributed by atoms with van der Waals surface area (Å²) in [5.74, 6) is -0.0171. The first-order valence-electron chi connectivity index (χ1n) is 10.5. The largest absolute Gasteiger partial charge is 0.490 e. The molecule has 160 valence electrons. The van der Waals surface area contributed by atoms with Crippen LogP contribution >= 0.6 is 0 Å². The second-order valence-electron chi connectivity index (χ2n) is 7.65. The van der Waals surface area contributed by atoms with E-state index in [0.29, 0.717) is 12.2 Å². The molecular formula is C24H24FN3O3. The SMILES string of the molecule is O=C(NCc1cccc(OC2CCCCC2)c1)c1ccc(=O)n(-c2ccc(F)cc2)n1. The van der Waals surface area contributed by atoms with E-state index in [9.17, 15) is 14.0 Å². The van der Waals surface area contributed by atoms with E-state index >= 15 is 0 Å². The third-order valence-electron chi connectivity index (χ3n) is 5.31. The maximum Gasteiger partial charge on any atom is 0.272 e. The number of halogens is 1. The zero-order valence-corrected chi connectivity index (χ0v) is 17.1. The van der Waals surface area contributed by atoms with E-state index in [-0.39, 0.29) is 11.8 Å². The smallest absolute Gasteiger partial charge is 0.272 e. The molecule has 1 heterocycles. The van der Waals surface area contributed by atoms with Crippen LogP contribution in [0.5, 0.6) is 5.75 Å². The predicted molar refractivity (Wildman–Crippen MR) is 115 cm³/mol. The Labute approximate surface area is 179 Å². The van der Waals surface area contributed by atoms with Crippen molar-refractivity contribution in [3.05, 3.63) is 88.1 Å². The number of carbonyl (C=O) groups excluding carboxylic acids is 1. The van der Waals surface area contributed by atoms with Crippen LogP contribution in [0.2, 0.25) is 0 Å². The summed E-state index contributed by atoms with van der Waals surface area (Å²) in [4.78, 5) is 24.7. The fourth-order valence-electron chi connectivity index (χ4n) is 3.68. The van der Waals surface area contributed by atoms with E-state index < -0.39 is 17.3 Å². The van der Waals surface area contributed by atoms with Crippen molar-refractivity contribution in [1.29, 1.82) is 0 Å². The summed E-state index contributed by atoms with van der Waals surface area (Å²) in [5, 5.41) is 6.95. The van der Waals surface area contributed by atoms with E-state index in [4.69, 9.17) is 4.74 Å². The molecule has 1 N–H and O–H groups in total. The van der Waals surface area contributed by atoms with Crippen molar-refractivity contribution in [3.8, 4) is 11.4 Å². The molecule has 0 atom stereocenters. The van der Waals surface area contributed by atoms with Crippen LogP contribution in [0.4, 0.5) is 4.39 Å². The van der Waals surface area contributed by atoms with Crippen LogP contribution in [0.25, 0.3) is 5.69 Å². The Morgan fingerprint density at radius 3 is 2.61 bits per heavy atom. The highest BCUT2D eigenvalue weighted by Crippen LogP contribution is 2.24. The minimum absolute atomic E-state index is 0.0959. The van der Waals surface area contributed by atoms with Gasteiger partial charge < -0.3 is 10.1 Å². The number of aromatic nitrogens is 2. The lowest BCUT2D eigenvalue weighted by Gasteiger charge is -2.23. The van der Waals surface area contributed by atoms with Crippen LogP contribution in [0, 0.1) is 5.82 Å². The standard InChI is InChI=1S/C24H24FN3O3/c25-18-9-11-19(12-10-18)28-23(29)14-13-22(27-28)24(30)26-16-17-5-4-8-21(15-17)31-20-6-2-1-3-7-20/h4-5,8-15,20H,1-3,6-7,16H2,(H,26,30). The fourth-order valence-corrected chi connectivity index (χ4v) is 3.68. The number of amides is 1. The Balaban J connectivity index is 1.42. The topological polar surface area (TPSA) is 73.2 Å². The summed E-state index contributed by atoms with van der Waals surface area (Å²) in [6.45, 7) is 0.304. The molecule has 0 saturated heterocycles. The lowest BCUT2D eigenvalue weighted by molar-refractivity contribution is 0.0944. The number of hydrogen-bond acceptors (Lipinski definition) is 4. The van der Waals surface area contributed by atoms with Crippen molar-refractivity contribution in [2.45, 2.75) is 44.8 Å². The number of hydrogen-bond donors (Lipinski definition) is 1. The van der Waals surface area contributed by atoms with Gasteiger partial charge in [-0.1, -0.05) is 18.6 Å². The molecule has 0 bridgehead atoms. The summed E-state index contributed by atoms with van der Waals surface area (Å²) in [6, 6.07) is 15.7. The van der Waals surface area contributed by atoms with Crippen LogP contribution in [0.15, 0.2) is 65.5 Å². The number of benzene rings is 2. The minimum atomic E-state index is -0.416. The number of carbonyl (C=O) groups is 1. The Morgan fingerprint density at radius 2 is 1.84 bits per heavy atom. The van der Waals surface area contributed by atoms with Crippen LogP contribution in [0.3, 0.4) is 0 Å². The second kappa shape index (κ2) is 9.55. The lowest BCUT2D eigenvalue weighted by atomic mass is 9.98. The van der Waals surface area contributed by atoms with Crippen molar-refractivity contribution in [3.63, 3.8) is 0 Å². The number of ether oxygens (including phenoxy) is 1. The Kier molecular flexibility index (Phi) is 6.40. The van der Waals surface area contributed by atoms with Crippen molar-refractivity contribution in [2.75, 3.05) is 0 Å². The molecular weight excluding hydrogens is 397 g/mol. The van der Waals surface area contributed by atoms with Crippen molar-refractivity contribution in [2.24, 2.45) is 0 Å². The molecule has 6 nitrogen and oxygen atoms in total. The maximum absolute atomic E-state index is 13.2. The molecule has 31 heavy (non-hydrogen) atoms. The van der Waals surface area contributed by atoms with Crippen LogP contribution < -0.4 is 15.6 Å². The Bertz CT molecular complexity index is 1110. The quantitative estimate of drug-likeness (QED) is 0.653. The minimum Gasteiger partial charge on any atom is -0.490 e. The van der Waals surface area contributed by atoms with Crippen LogP contribution in [0.1, 0.15) is 48.2 Å². The summed E-state index contributed by atoms with van der Waals surface area (Å²) in [5.41, 5.74) is 0.983. The average molecular weight is 421 g/mol. The molecule has 1 aliphatic rings. The molecule has 0 spiro atoms. The van der Waals surface area contributed by atoms with Gasteiger partial charge in [0.2, 0.25) is 0 Å². The van der Waals surface area contributed by atoms with Gasteiger partial charge in [0.05, 0.1) is 11.8 Å². The molecule has 1 aromatic heterocycles. The van der Waals surface area contributed by atoms with Crippen LogP contribution in [-0.4, -0.2) is 21.8 Å². The van der Waals surface area contributed by atoms with E-state index in [2.05, 4.69) is 10.4 Å². The fraction of sp³-hybridized carbons (Fsp3) is 0.292. The predicted octanol–water partition coefficient (Wildman–Crippen LogP) is 4.01. The second-order valence-corrected chi connectivity index (χ2v) is 7.65. The molecule has 1 fully saturated rings. The molecule has 0 radical (unpaired) electrons. The van der Waals surface area contributed by atoms with Crippen molar-refractivity contribution in [1.82, 2.24) is 15.1 Å². The van der Waals surface area contributed by atoms with Gasteiger partial charge in [0.1, 0.15) is 17.3 Å².